The van der Waals surface area contributed by atoms with Gasteiger partial charge in [-0.05, 0) is 93.3 Å². The van der Waals surface area contributed by atoms with E-state index >= 15 is 0 Å². The number of hydrogen-bond acceptors (Lipinski definition) is 4. The Hall–Kier alpha value is -3.47. The third kappa shape index (κ3) is 5.79. The molecular formula is C30H36N2O3. The third-order valence-corrected chi connectivity index (χ3v) is 6.68. The Morgan fingerprint density at radius 3 is 2.26 bits per heavy atom. The number of amides is 1. The SMILES string of the molecule is CCOc1ccc(C(=O)N2CCN(c3cccc(C)c3C)CC2)cc1COc1cc(C)cc(C)c1. The van der Waals surface area contributed by atoms with Crippen LogP contribution in [-0.4, -0.2) is 43.6 Å². The second-order valence-corrected chi connectivity index (χ2v) is 9.37. The van der Waals surface area contributed by atoms with Gasteiger partial charge in [0.05, 0.1) is 6.61 Å². The van der Waals surface area contributed by atoms with Crippen molar-refractivity contribution in [2.24, 2.45) is 0 Å². The average Bonchev–Trinajstić information content (AvgIpc) is 2.84. The van der Waals surface area contributed by atoms with Crippen LogP contribution in [-0.2, 0) is 6.61 Å². The minimum Gasteiger partial charge on any atom is -0.493 e. The zero-order chi connectivity index (χ0) is 24.9. The van der Waals surface area contributed by atoms with Crippen molar-refractivity contribution in [2.75, 3.05) is 37.7 Å². The Bertz CT molecular complexity index is 1180. The molecule has 1 saturated heterocycles. The van der Waals surface area contributed by atoms with Gasteiger partial charge in [0.1, 0.15) is 18.1 Å². The van der Waals surface area contributed by atoms with Gasteiger partial charge >= 0.3 is 0 Å². The van der Waals surface area contributed by atoms with Crippen LogP contribution in [0.3, 0.4) is 0 Å². The van der Waals surface area contributed by atoms with E-state index in [2.05, 4.69) is 56.9 Å². The Morgan fingerprint density at radius 2 is 1.57 bits per heavy atom. The molecule has 0 atom stereocenters. The summed E-state index contributed by atoms with van der Waals surface area (Å²) in [5, 5.41) is 0. The molecule has 0 bridgehead atoms. The summed E-state index contributed by atoms with van der Waals surface area (Å²) in [7, 11) is 0. The fourth-order valence-electron chi connectivity index (χ4n) is 4.71. The number of piperazine rings is 1. The van der Waals surface area contributed by atoms with Gasteiger partial charge in [0.2, 0.25) is 0 Å². The summed E-state index contributed by atoms with van der Waals surface area (Å²) < 4.78 is 11.9. The van der Waals surface area contributed by atoms with Crippen LogP contribution in [0.4, 0.5) is 5.69 Å². The van der Waals surface area contributed by atoms with Crippen molar-refractivity contribution < 1.29 is 14.3 Å². The molecule has 3 aromatic rings. The van der Waals surface area contributed by atoms with E-state index in [4.69, 9.17) is 9.47 Å². The maximum Gasteiger partial charge on any atom is 0.253 e. The van der Waals surface area contributed by atoms with E-state index < -0.39 is 0 Å². The summed E-state index contributed by atoms with van der Waals surface area (Å²) in [4.78, 5) is 17.7. The van der Waals surface area contributed by atoms with Crippen LogP contribution in [0.25, 0.3) is 0 Å². The van der Waals surface area contributed by atoms with Crippen molar-refractivity contribution in [3.8, 4) is 11.5 Å². The van der Waals surface area contributed by atoms with Crippen LogP contribution in [0.1, 0.15) is 45.1 Å². The topological polar surface area (TPSA) is 42.0 Å². The molecule has 1 aliphatic rings. The van der Waals surface area contributed by atoms with Crippen LogP contribution in [0, 0.1) is 27.7 Å². The zero-order valence-corrected chi connectivity index (χ0v) is 21.6. The largest absolute Gasteiger partial charge is 0.493 e. The third-order valence-electron chi connectivity index (χ3n) is 6.68. The highest BCUT2D eigenvalue weighted by Gasteiger charge is 2.24. The number of ether oxygens (including phenoxy) is 2. The first-order valence-electron chi connectivity index (χ1n) is 12.4. The standard InChI is InChI=1S/C30H36N2O3/c1-6-34-29-11-10-25(19-26(29)20-35-27-17-21(2)16-22(3)18-27)30(33)32-14-12-31(13-15-32)28-9-7-8-23(4)24(28)5/h7-11,16-19H,6,12-15,20H2,1-5H3. The molecule has 1 heterocycles. The quantitative estimate of drug-likeness (QED) is 0.432. The van der Waals surface area contributed by atoms with Gasteiger partial charge in [-0.25, -0.2) is 0 Å². The summed E-state index contributed by atoms with van der Waals surface area (Å²) >= 11 is 0. The molecule has 1 fully saturated rings. The van der Waals surface area contributed by atoms with Gasteiger partial charge in [-0.15, -0.1) is 0 Å². The molecule has 0 spiro atoms. The maximum atomic E-state index is 13.4. The Balaban J connectivity index is 1.46. The number of aryl methyl sites for hydroxylation is 3. The number of benzene rings is 3. The summed E-state index contributed by atoms with van der Waals surface area (Å²) in [6.07, 6.45) is 0. The molecule has 5 nitrogen and oxygen atoms in total. The molecule has 0 saturated carbocycles. The van der Waals surface area contributed by atoms with Crippen LogP contribution in [0.15, 0.2) is 54.6 Å². The molecule has 4 rings (SSSR count). The normalized spacial score (nSPS) is 13.6. The van der Waals surface area contributed by atoms with Gasteiger partial charge in [-0.3, -0.25) is 4.79 Å². The van der Waals surface area contributed by atoms with Crippen molar-refractivity contribution >= 4 is 11.6 Å². The highest BCUT2D eigenvalue weighted by molar-refractivity contribution is 5.94. The summed E-state index contributed by atoms with van der Waals surface area (Å²) in [6, 6.07) is 18.3. The highest BCUT2D eigenvalue weighted by atomic mass is 16.5. The van der Waals surface area contributed by atoms with Crippen molar-refractivity contribution in [3.63, 3.8) is 0 Å². The van der Waals surface area contributed by atoms with Crippen molar-refractivity contribution in [2.45, 2.75) is 41.2 Å². The van der Waals surface area contributed by atoms with E-state index in [-0.39, 0.29) is 5.91 Å². The van der Waals surface area contributed by atoms with Gasteiger partial charge in [0.25, 0.3) is 5.91 Å². The van der Waals surface area contributed by atoms with Gasteiger partial charge < -0.3 is 19.3 Å². The van der Waals surface area contributed by atoms with E-state index in [1.807, 2.05) is 42.2 Å². The first-order valence-corrected chi connectivity index (χ1v) is 12.4. The van der Waals surface area contributed by atoms with E-state index in [0.29, 0.717) is 31.9 Å². The van der Waals surface area contributed by atoms with Gasteiger partial charge in [-0.2, -0.15) is 0 Å². The zero-order valence-electron chi connectivity index (χ0n) is 21.6. The number of carbonyl (C=O) groups excluding carboxylic acids is 1. The second-order valence-electron chi connectivity index (χ2n) is 9.37. The lowest BCUT2D eigenvalue weighted by atomic mass is 10.1. The number of rotatable bonds is 7. The Kier molecular flexibility index (Phi) is 7.64. The summed E-state index contributed by atoms with van der Waals surface area (Å²) in [5.74, 6) is 1.64. The van der Waals surface area contributed by atoms with Crippen LogP contribution >= 0.6 is 0 Å². The molecule has 0 aromatic heterocycles. The van der Waals surface area contributed by atoms with E-state index in [9.17, 15) is 4.79 Å². The molecular weight excluding hydrogens is 436 g/mol. The number of carbonyl (C=O) groups is 1. The number of hydrogen-bond donors (Lipinski definition) is 0. The van der Waals surface area contributed by atoms with E-state index in [0.717, 1.165) is 41.3 Å². The maximum absolute atomic E-state index is 13.4. The number of anilines is 1. The van der Waals surface area contributed by atoms with Crippen molar-refractivity contribution in [3.05, 3.63) is 88.0 Å². The first kappa shape index (κ1) is 24.6. The fraction of sp³-hybridized carbons (Fsp3) is 0.367. The molecule has 0 unspecified atom stereocenters. The van der Waals surface area contributed by atoms with E-state index in [1.54, 1.807) is 0 Å². The van der Waals surface area contributed by atoms with Crippen LogP contribution in [0.5, 0.6) is 11.5 Å². The van der Waals surface area contributed by atoms with Gasteiger partial charge in [-0.1, -0.05) is 18.2 Å². The van der Waals surface area contributed by atoms with E-state index in [1.165, 1.54) is 16.8 Å². The molecule has 5 heteroatoms. The average molecular weight is 473 g/mol. The molecule has 0 radical (unpaired) electrons. The van der Waals surface area contributed by atoms with Crippen LogP contribution < -0.4 is 14.4 Å². The van der Waals surface area contributed by atoms with Gasteiger partial charge in [0.15, 0.2) is 0 Å². The highest BCUT2D eigenvalue weighted by Crippen LogP contribution is 2.26. The molecule has 0 N–H and O–H groups in total. The number of nitrogens with zero attached hydrogens (tertiary/aromatic N) is 2. The fourth-order valence-corrected chi connectivity index (χ4v) is 4.71. The summed E-state index contributed by atoms with van der Waals surface area (Å²) in [6.45, 7) is 14.4. The van der Waals surface area contributed by atoms with Crippen molar-refractivity contribution in [1.82, 2.24) is 4.90 Å². The van der Waals surface area contributed by atoms with Crippen LogP contribution in [0.2, 0.25) is 0 Å². The Morgan fingerprint density at radius 1 is 0.857 bits per heavy atom. The molecule has 1 amide bonds. The predicted octanol–water partition coefficient (Wildman–Crippen LogP) is 5.86. The molecule has 184 valence electrons. The molecule has 3 aromatic carbocycles. The smallest absolute Gasteiger partial charge is 0.253 e. The van der Waals surface area contributed by atoms with Gasteiger partial charge in [0, 0.05) is 43.0 Å². The lowest BCUT2D eigenvalue weighted by molar-refractivity contribution is 0.0746. The molecule has 1 aliphatic heterocycles. The second kappa shape index (κ2) is 10.9. The minimum absolute atomic E-state index is 0.0568. The predicted molar refractivity (Wildman–Crippen MR) is 142 cm³/mol. The first-order chi connectivity index (χ1) is 16.9. The lowest BCUT2D eigenvalue weighted by Gasteiger charge is -2.37. The lowest BCUT2D eigenvalue weighted by Crippen LogP contribution is -2.49. The Labute approximate surface area is 209 Å². The summed E-state index contributed by atoms with van der Waals surface area (Å²) in [5.41, 5.74) is 7.75. The molecule has 0 aliphatic carbocycles. The molecule has 35 heavy (non-hydrogen) atoms. The minimum atomic E-state index is 0.0568. The van der Waals surface area contributed by atoms with Crippen molar-refractivity contribution in [1.29, 1.82) is 0 Å². The monoisotopic (exact) mass is 472 g/mol.